The summed E-state index contributed by atoms with van der Waals surface area (Å²) in [6.07, 6.45) is 4.47. The average Bonchev–Trinajstić information content (AvgIpc) is 2.70. The number of benzene rings is 2. The van der Waals surface area contributed by atoms with Crippen molar-refractivity contribution in [3.05, 3.63) is 65.7 Å². The van der Waals surface area contributed by atoms with Gasteiger partial charge in [-0.3, -0.25) is 4.79 Å². The Kier molecular flexibility index (Phi) is 6.51. The maximum atomic E-state index is 12.8. The Bertz CT molecular complexity index is 745. The summed E-state index contributed by atoms with van der Waals surface area (Å²) in [6, 6.07) is 18.1. The molecule has 3 rings (SSSR count). The third-order valence-electron chi connectivity index (χ3n) is 5.59. The molecule has 0 bridgehead atoms. The predicted molar refractivity (Wildman–Crippen MR) is 109 cm³/mol. The number of carbonyl (C=O) groups excluding carboxylic acids is 1. The van der Waals surface area contributed by atoms with Crippen LogP contribution in [0.2, 0.25) is 0 Å². The first-order valence-corrected chi connectivity index (χ1v) is 9.77. The molecule has 3 atom stereocenters. The molecule has 1 saturated carbocycles. The second-order valence-electron chi connectivity index (χ2n) is 7.54. The Balaban J connectivity index is 1.87. The Hall–Kier alpha value is -2.33. The van der Waals surface area contributed by atoms with Gasteiger partial charge in [0, 0.05) is 23.2 Å². The highest BCUT2D eigenvalue weighted by molar-refractivity contribution is 5.94. The monoisotopic (exact) mass is 366 g/mol. The minimum atomic E-state index is 0.0185. The van der Waals surface area contributed by atoms with Gasteiger partial charge in [-0.15, -0.1) is 0 Å². The van der Waals surface area contributed by atoms with Crippen LogP contribution < -0.4 is 10.1 Å². The number of para-hydroxylation sites is 1. The molecule has 0 aromatic heterocycles. The molecule has 1 amide bonds. The van der Waals surface area contributed by atoms with Crippen LogP contribution >= 0.6 is 0 Å². The third-order valence-corrected chi connectivity index (χ3v) is 5.59. The fourth-order valence-corrected chi connectivity index (χ4v) is 4.36. The van der Waals surface area contributed by atoms with Crippen molar-refractivity contribution in [1.29, 1.82) is 0 Å². The number of hydrogen-bond acceptors (Lipinski definition) is 3. The van der Waals surface area contributed by atoms with Crippen LogP contribution in [0, 0.1) is 5.92 Å². The van der Waals surface area contributed by atoms with Crippen molar-refractivity contribution in [2.45, 2.75) is 37.8 Å². The molecule has 27 heavy (non-hydrogen) atoms. The maximum absolute atomic E-state index is 12.8. The van der Waals surface area contributed by atoms with Gasteiger partial charge in [0.2, 0.25) is 0 Å². The molecule has 0 aliphatic heterocycles. The highest BCUT2D eigenvalue weighted by Gasteiger charge is 2.36. The summed E-state index contributed by atoms with van der Waals surface area (Å²) in [5, 5.41) is 3.32. The van der Waals surface area contributed by atoms with Gasteiger partial charge in [-0.2, -0.15) is 0 Å². The number of amides is 1. The first-order chi connectivity index (χ1) is 13.1. The van der Waals surface area contributed by atoms with Gasteiger partial charge in [0.25, 0.3) is 5.91 Å². The van der Waals surface area contributed by atoms with Crippen LogP contribution in [0.3, 0.4) is 0 Å². The molecule has 4 heteroatoms. The van der Waals surface area contributed by atoms with Crippen LogP contribution in [0.15, 0.2) is 54.6 Å². The number of nitrogens with zero attached hydrogens (tertiary/aromatic N) is 1. The van der Waals surface area contributed by atoms with Gasteiger partial charge < -0.3 is 15.0 Å². The Morgan fingerprint density at radius 3 is 2.41 bits per heavy atom. The predicted octanol–water partition coefficient (Wildman–Crippen LogP) is 4.29. The minimum absolute atomic E-state index is 0.0185. The molecule has 0 saturated heterocycles. The Morgan fingerprint density at radius 1 is 1.04 bits per heavy atom. The van der Waals surface area contributed by atoms with Gasteiger partial charge in [-0.25, -0.2) is 0 Å². The molecule has 1 fully saturated rings. The van der Waals surface area contributed by atoms with Crippen LogP contribution in [0.5, 0.6) is 5.75 Å². The summed E-state index contributed by atoms with van der Waals surface area (Å²) in [5.41, 5.74) is 1.91. The van der Waals surface area contributed by atoms with E-state index in [1.165, 1.54) is 12.0 Å². The van der Waals surface area contributed by atoms with Crippen LogP contribution in [-0.4, -0.2) is 38.1 Å². The molecule has 1 aliphatic carbocycles. The molecular weight excluding hydrogens is 336 g/mol. The van der Waals surface area contributed by atoms with E-state index in [9.17, 15) is 4.79 Å². The zero-order valence-electron chi connectivity index (χ0n) is 16.5. The highest BCUT2D eigenvalue weighted by Crippen LogP contribution is 2.40. The van der Waals surface area contributed by atoms with Crippen molar-refractivity contribution >= 4 is 5.91 Å². The van der Waals surface area contributed by atoms with Gasteiger partial charge in [0.15, 0.2) is 0 Å². The summed E-state index contributed by atoms with van der Waals surface area (Å²) in [5.74, 6) is 1.28. The second-order valence-corrected chi connectivity index (χ2v) is 7.54. The summed E-state index contributed by atoms with van der Waals surface area (Å²) >= 11 is 0. The van der Waals surface area contributed by atoms with E-state index in [1.807, 2.05) is 42.5 Å². The van der Waals surface area contributed by atoms with Crippen molar-refractivity contribution in [3.8, 4) is 5.75 Å². The van der Waals surface area contributed by atoms with E-state index in [0.29, 0.717) is 5.92 Å². The lowest BCUT2D eigenvalue weighted by Crippen LogP contribution is -2.46. The van der Waals surface area contributed by atoms with Crippen molar-refractivity contribution < 1.29 is 9.53 Å². The lowest BCUT2D eigenvalue weighted by atomic mass is 9.76. The molecule has 0 radical (unpaired) electrons. The lowest BCUT2D eigenvalue weighted by Gasteiger charge is -2.41. The minimum Gasteiger partial charge on any atom is -0.496 e. The first kappa shape index (κ1) is 19.4. The molecule has 1 aliphatic rings. The van der Waals surface area contributed by atoms with Gasteiger partial charge in [0.05, 0.1) is 7.11 Å². The number of rotatable bonds is 6. The van der Waals surface area contributed by atoms with E-state index in [2.05, 4.69) is 36.4 Å². The van der Waals surface area contributed by atoms with E-state index in [0.717, 1.165) is 30.6 Å². The van der Waals surface area contributed by atoms with E-state index in [-0.39, 0.29) is 18.0 Å². The van der Waals surface area contributed by atoms with E-state index in [4.69, 9.17) is 4.74 Å². The maximum Gasteiger partial charge on any atom is 0.251 e. The first-order valence-electron chi connectivity index (χ1n) is 9.77. The fourth-order valence-electron chi connectivity index (χ4n) is 4.36. The molecule has 2 aromatic carbocycles. The number of nitrogens with one attached hydrogen (secondary N) is 1. The smallest absolute Gasteiger partial charge is 0.251 e. The van der Waals surface area contributed by atoms with Crippen LogP contribution in [-0.2, 0) is 0 Å². The van der Waals surface area contributed by atoms with E-state index in [1.54, 1.807) is 7.11 Å². The van der Waals surface area contributed by atoms with Gasteiger partial charge >= 0.3 is 0 Å². The van der Waals surface area contributed by atoms with Crippen LogP contribution in [0.25, 0.3) is 0 Å². The highest BCUT2D eigenvalue weighted by atomic mass is 16.5. The molecule has 4 nitrogen and oxygen atoms in total. The van der Waals surface area contributed by atoms with Gasteiger partial charge in [-0.1, -0.05) is 49.2 Å². The molecule has 144 valence electrons. The van der Waals surface area contributed by atoms with Crippen LogP contribution in [0.4, 0.5) is 0 Å². The van der Waals surface area contributed by atoms with Crippen molar-refractivity contribution in [2.24, 2.45) is 5.92 Å². The van der Waals surface area contributed by atoms with Crippen LogP contribution in [0.1, 0.15) is 47.6 Å². The summed E-state index contributed by atoms with van der Waals surface area (Å²) in [6.45, 7) is 0. The topological polar surface area (TPSA) is 41.6 Å². The summed E-state index contributed by atoms with van der Waals surface area (Å²) in [7, 11) is 5.95. The van der Waals surface area contributed by atoms with Crippen molar-refractivity contribution in [3.63, 3.8) is 0 Å². The normalized spacial score (nSPS) is 20.9. The Labute approximate surface area is 162 Å². The standard InChI is InChI=1S/C23H30N2O2/c1-25(2)22(19-14-8-10-16-21(19)27-3)18-13-7-9-15-20(18)24-23(26)17-11-5-4-6-12-17/h4-6,8,10-12,14,16,18,20,22H,7,9,13,15H2,1-3H3,(H,24,26). The van der Waals surface area contributed by atoms with Crippen molar-refractivity contribution in [1.82, 2.24) is 10.2 Å². The number of ether oxygens (including phenoxy) is 1. The largest absolute Gasteiger partial charge is 0.496 e. The summed E-state index contributed by atoms with van der Waals surface area (Å²) < 4.78 is 5.64. The second kappa shape index (κ2) is 9.05. The third kappa shape index (κ3) is 4.51. The van der Waals surface area contributed by atoms with Crippen molar-refractivity contribution in [2.75, 3.05) is 21.2 Å². The van der Waals surface area contributed by atoms with E-state index >= 15 is 0 Å². The Morgan fingerprint density at radius 2 is 1.70 bits per heavy atom. The lowest BCUT2D eigenvalue weighted by molar-refractivity contribution is 0.0843. The molecule has 0 heterocycles. The molecule has 2 aromatic rings. The van der Waals surface area contributed by atoms with Gasteiger partial charge in [-0.05, 0) is 51.1 Å². The number of carbonyl (C=O) groups is 1. The number of methoxy groups -OCH3 is 1. The molecule has 3 unspecified atom stereocenters. The quantitative estimate of drug-likeness (QED) is 0.829. The fraction of sp³-hybridized carbons (Fsp3) is 0.435. The summed E-state index contributed by atoms with van der Waals surface area (Å²) in [4.78, 5) is 15.0. The van der Waals surface area contributed by atoms with E-state index < -0.39 is 0 Å². The average molecular weight is 367 g/mol. The molecular formula is C23H30N2O2. The molecule has 0 spiro atoms. The zero-order valence-corrected chi connectivity index (χ0v) is 16.5. The van der Waals surface area contributed by atoms with Gasteiger partial charge in [0.1, 0.15) is 5.75 Å². The SMILES string of the molecule is COc1ccccc1C(C1CCCCC1NC(=O)c1ccccc1)N(C)C. The zero-order chi connectivity index (χ0) is 19.2. The number of hydrogen-bond donors (Lipinski definition) is 1. The molecule has 1 N–H and O–H groups in total.